The molecule has 5 N–H and O–H groups in total. The molecule has 10 heteroatoms. The Morgan fingerprint density at radius 3 is 2.37 bits per heavy atom. The Bertz CT molecular complexity index is 927. The molecule has 11 atom stereocenters. The minimum Gasteiger partial charge on any atom is -0.460 e. The van der Waals surface area contributed by atoms with Crippen molar-refractivity contribution in [3.05, 3.63) is 11.6 Å². The third kappa shape index (κ3) is 1.53. The topological polar surface area (TPSA) is 166 Å². The summed E-state index contributed by atoms with van der Waals surface area (Å²) in [7, 11) is 0. The number of epoxide rings is 1. The molecule has 10 nitrogen and oxygen atoms in total. The van der Waals surface area contributed by atoms with E-state index in [4.69, 9.17) is 14.2 Å². The van der Waals surface area contributed by atoms with Crippen LogP contribution in [0.2, 0.25) is 0 Å². The van der Waals surface area contributed by atoms with E-state index in [-0.39, 0.29) is 19.6 Å². The molecule has 2 spiro atoms. The van der Waals surface area contributed by atoms with Gasteiger partial charge >= 0.3 is 5.97 Å². The van der Waals surface area contributed by atoms with Gasteiger partial charge in [0.25, 0.3) is 0 Å². The first-order valence-electron chi connectivity index (χ1n) is 10.1. The van der Waals surface area contributed by atoms with Crippen molar-refractivity contribution in [2.75, 3.05) is 13.2 Å². The molecule has 6 rings (SSSR count). The lowest BCUT2D eigenvalue weighted by Crippen LogP contribution is -2.87. The van der Waals surface area contributed by atoms with E-state index in [0.29, 0.717) is 5.57 Å². The van der Waals surface area contributed by atoms with Gasteiger partial charge in [-0.15, -0.1) is 0 Å². The van der Waals surface area contributed by atoms with E-state index in [0.717, 1.165) is 0 Å². The van der Waals surface area contributed by atoms with Gasteiger partial charge in [0.05, 0.1) is 18.6 Å². The van der Waals surface area contributed by atoms with E-state index in [1.54, 1.807) is 13.8 Å². The van der Waals surface area contributed by atoms with Crippen LogP contribution in [0.4, 0.5) is 0 Å². The highest BCUT2D eigenvalue weighted by molar-refractivity contribution is 5.96. The second-order valence-electron chi connectivity index (χ2n) is 10.0. The van der Waals surface area contributed by atoms with E-state index in [1.807, 2.05) is 0 Å². The fraction of sp³-hybridized carbons (Fsp3) is 0.800. The first kappa shape index (κ1) is 19.3. The van der Waals surface area contributed by atoms with Gasteiger partial charge in [-0.25, -0.2) is 4.79 Å². The van der Waals surface area contributed by atoms with Gasteiger partial charge in [-0.1, -0.05) is 12.5 Å². The number of ketones is 1. The first-order chi connectivity index (χ1) is 13.9. The highest BCUT2D eigenvalue weighted by atomic mass is 16.7. The van der Waals surface area contributed by atoms with Gasteiger partial charge in [-0.2, -0.15) is 0 Å². The molecule has 0 aromatic rings. The molecule has 5 fully saturated rings. The summed E-state index contributed by atoms with van der Waals surface area (Å²) in [5.41, 5.74) is -6.52. The van der Waals surface area contributed by atoms with Crippen LogP contribution in [0, 0.1) is 22.7 Å². The fourth-order valence-corrected chi connectivity index (χ4v) is 7.88. The minimum atomic E-state index is -2.35. The molecule has 30 heavy (non-hydrogen) atoms. The molecule has 3 saturated heterocycles. The van der Waals surface area contributed by atoms with Crippen molar-refractivity contribution in [2.24, 2.45) is 22.7 Å². The van der Waals surface area contributed by atoms with Gasteiger partial charge in [0.2, 0.25) is 0 Å². The van der Waals surface area contributed by atoms with Crippen molar-refractivity contribution >= 4 is 11.8 Å². The molecule has 0 aromatic heterocycles. The number of carbonyl (C=O) groups is 2. The monoisotopic (exact) mass is 424 g/mol. The van der Waals surface area contributed by atoms with Gasteiger partial charge in [0, 0.05) is 11.3 Å². The Balaban J connectivity index is 1.68. The van der Waals surface area contributed by atoms with Gasteiger partial charge < -0.3 is 39.7 Å². The third-order valence-corrected chi connectivity index (χ3v) is 9.17. The smallest absolute Gasteiger partial charge is 0.338 e. The lowest BCUT2D eigenvalue weighted by molar-refractivity contribution is -0.379. The lowest BCUT2D eigenvalue weighted by atomic mass is 9.36. The van der Waals surface area contributed by atoms with Crippen LogP contribution >= 0.6 is 0 Å². The number of rotatable bonds is 0. The molecule has 2 bridgehead atoms. The standard InChI is InChI=1S/C20H24O10/c1-7-3-9(21)11(22)16(2)8(7)4-10-17-5-29-19(26,14(16)17)15(25)18(6-28-18)20(17,27)12(23)13(24)30-10/h3,8,10-12,14-15,22-23,25-27H,4-6H2,1-2H3/t8-,10+,11-,12+,14-,15-,16-,17+,18+,19+,20+/m0/s1. The van der Waals surface area contributed by atoms with Crippen LogP contribution < -0.4 is 0 Å². The Labute approximate surface area is 171 Å². The van der Waals surface area contributed by atoms with Crippen molar-refractivity contribution in [1.82, 2.24) is 0 Å². The quantitative estimate of drug-likeness (QED) is 0.205. The summed E-state index contributed by atoms with van der Waals surface area (Å²) in [5, 5.41) is 56.7. The lowest BCUT2D eigenvalue weighted by Gasteiger charge is -2.70. The van der Waals surface area contributed by atoms with Crippen LogP contribution in [-0.2, 0) is 23.8 Å². The van der Waals surface area contributed by atoms with Gasteiger partial charge in [-0.3, -0.25) is 4.79 Å². The third-order valence-electron chi connectivity index (χ3n) is 9.17. The van der Waals surface area contributed by atoms with E-state index < -0.39 is 75.8 Å². The Morgan fingerprint density at radius 2 is 1.73 bits per heavy atom. The molecule has 2 saturated carbocycles. The van der Waals surface area contributed by atoms with Gasteiger partial charge in [-0.05, 0) is 25.3 Å². The summed E-state index contributed by atoms with van der Waals surface area (Å²) >= 11 is 0. The number of hydrogen-bond donors (Lipinski definition) is 5. The van der Waals surface area contributed by atoms with Crippen LogP contribution in [0.5, 0.6) is 0 Å². The van der Waals surface area contributed by atoms with E-state index >= 15 is 0 Å². The van der Waals surface area contributed by atoms with E-state index in [9.17, 15) is 35.1 Å². The molecule has 0 aromatic carbocycles. The second-order valence-corrected chi connectivity index (χ2v) is 10.0. The van der Waals surface area contributed by atoms with Crippen LogP contribution in [-0.4, -0.2) is 91.9 Å². The number of allylic oxidation sites excluding steroid dienone is 1. The Hall–Kier alpha value is -1.40. The average Bonchev–Trinajstić information content (AvgIpc) is 3.44. The maximum atomic E-state index is 12.6. The number of hydrogen-bond acceptors (Lipinski definition) is 10. The molecule has 164 valence electrons. The van der Waals surface area contributed by atoms with E-state index in [2.05, 4.69) is 0 Å². The zero-order valence-corrected chi connectivity index (χ0v) is 16.4. The fourth-order valence-electron chi connectivity index (χ4n) is 7.88. The normalized spacial score (nSPS) is 63.1. The second kappa shape index (κ2) is 4.98. The van der Waals surface area contributed by atoms with Crippen molar-refractivity contribution < 1.29 is 49.3 Å². The number of aliphatic hydroxyl groups excluding tert-OH is 3. The van der Waals surface area contributed by atoms with Crippen LogP contribution in [0.1, 0.15) is 20.3 Å². The zero-order valence-electron chi connectivity index (χ0n) is 16.4. The number of aliphatic hydroxyl groups is 5. The molecule has 3 heterocycles. The molecule has 0 radical (unpaired) electrons. The van der Waals surface area contributed by atoms with Crippen molar-refractivity contribution in [3.63, 3.8) is 0 Å². The maximum absolute atomic E-state index is 12.6. The van der Waals surface area contributed by atoms with Gasteiger partial charge in [0.1, 0.15) is 23.9 Å². The summed E-state index contributed by atoms with van der Waals surface area (Å²) in [6.07, 6.45) is -4.96. The van der Waals surface area contributed by atoms with Gasteiger partial charge in [0.15, 0.2) is 23.3 Å². The molecular weight excluding hydrogens is 400 g/mol. The largest absolute Gasteiger partial charge is 0.460 e. The van der Waals surface area contributed by atoms with Crippen LogP contribution in [0.25, 0.3) is 0 Å². The number of ether oxygens (including phenoxy) is 3. The molecule has 3 aliphatic heterocycles. The highest BCUT2D eigenvalue weighted by Crippen LogP contribution is 2.77. The molecule has 6 aliphatic rings. The van der Waals surface area contributed by atoms with Crippen LogP contribution in [0.15, 0.2) is 11.6 Å². The predicted molar refractivity (Wildman–Crippen MR) is 93.3 cm³/mol. The average molecular weight is 424 g/mol. The molecular formula is C20H24O10. The SMILES string of the molecule is CC1=CC(=O)[C@H](O)[C@]2(C)[C@H]1C[C@H]1OC(=O)[C@@H](O)[C@@]3(O)[C@]14CO[C@@](O)([C@@H](O)[C@]31CO1)[C@@H]24. The number of carbonyl (C=O) groups excluding carboxylic acids is 2. The molecule has 0 amide bonds. The Kier molecular flexibility index (Phi) is 3.21. The summed E-state index contributed by atoms with van der Waals surface area (Å²) < 4.78 is 16.7. The number of esters is 1. The molecule has 3 aliphatic carbocycles. The summed E-state index contributed by atoms with van der Waals surface area (Å²) in [6, 6.07) is 0. The summed E-state index contributed by atoms with van der Waals surface area (Å²) in [5.74, 6) is -5.64. The van der Waals surface area contributed by atoms with Crippen LogP contribution in [0.3, 0.4) is 0 Å². The Morgan fingerprint density at radius 1 is 1.07 bits per heavy atom. The highest BCUT2D eigenvalue weighted by Gasteiger charge is 2.94. The molecule has 0 unspecified atom stereocenters. The van der Waals surface area contributed by atoms with Crippen molar-refractivity contribution in [3.8, 4) is 0 Å². The maximum Gasteiger partial charge on any atom is 0.338 e. The summed E-state index contributed by atoms with van der Waals surface area (Å²) in [4.78, 5) is 25.2. The first-order valence-corrected chi connectivity index (χ1v) is 10.1. The van der Waals surface area contributed by atoms with Crippen molar-refractivity contribution in [2.45, 2.75) is 61.7 Å². The summed E-state index contributed by atoms with van der Waals surface area (Å²) in [6.45, 7) is 2.77. The minimum absolute atomic E-state index is 0.145. The zero-order chi connectivity index (χ0) is 21.6. The predicted octanol–water partition coefficient (Wildman–Crippen LogP) is -2.62. The number of fused-ring (bicyclic) bond motifs is 2. The van der Waals surface area contributed by atoms with Crippen molar-refractivity contribution in [1.29, 1.82) is 0 Å². The van der Waals surface area contributed by atoms with E-state index in [1.165, 1.54) is 6.08 Å².